The van der Waals surface area contributed by atoms with Crippen LogP contribution in [0.2, 0.25) is 0 Å². The van der Waals surface area contributed by atoms with E-state index in [1.165, 1.54) is 10.4 Å². The SMILES string of the molecule is Cc1cc(C)c(C(O[SiH](c2ccccc2)c2ccccc2)C(C)(C)C)c(C)c1NC(=O)CN1C(=O)c2ccccc2C1=O. The van der Waals surface area contributed by atoms with E-state index < -0.39 is 26.8 Å². The molecule has 4 aromatic rings. The summed E-state index contributed by atoms with van der Waals surface area (Å²) in [5, 5.41) is 5.42. The molecule has 0 bridgehead atoms. The maximum atomic E-state index is 13.3. The van der Waals surface area contributed by atoms with Crippen LogP contribution in [-0.4, -0.2) is 38.2 Å². The van der Waals surface area contributed by atoms with Gasteiger partial charge in [0.25, 0.3) is 11.8 Å². The van der Waals surface area contributed by atoms with E-state index in [1.54, 1.807) is 24.3 Å². The molecule has 0 spiro atoms. The van der Waals surface area contributed by atoms with Gasteiger partial charge in [0.15, 0.2) is 0 Å². The standard InChI is InChI=1S/C36H38N2O4Si/c1-23-21-24(2)32(37-30(39)22-38-34(40)28-19-13-14-20-29(28)35(38)41)25(3)31(23)33(36(4,5)6)42-43(26-15-9-7-10-16-26)27-17-11-8-12-18-27/h7-21,33,43H,22H2,1-6H3,(H,37,39). The van der Waals surface area contributed by atoms with Crippen molar-refractivity contribution in [1.82, 2.24) is 4.90 Å². The molecule has 220 valence electrons. The van der Waals surface area contributed by atoms with E-state index in [1.807, 2.05) is 26.0 Å². The lowest BCUT2D eigenvalue weighted by Gasteiger charge is -2.37. The van der Waals surface area contributed by atoms with Crippen LogP contribution in [0.4, 0.5) is 5.69 Å². The number of carbonyl (C=O) groups excluding carboxylic acids is 3. The first-order valence-electron chi connectivity index (χ1n) is 14.6. The average Bonchev–Trinajstić information content (AvgIpc) is 3.22. The van der Waals surface area contributed by atoms with E-state index in [9.17, 15) is 14.4 Å². The predicted molar refractivity (Wildman–Crippen MR) is 174 cm³/mol. The zero-order chi connectivity index (χ0) is 30.9. The molecular weight excluding hydrogens is 552 g/mol. The summed E-state index contributed by atoms with van der Waals surface area (Å²) in [6.45, 7) is 12.2. The summed E-state index contributed by atoms with van der Waals surface area (Å²) in [5.41, 5.74) is 5.01. The first-order chi connectivity index (χ1) is 20.5. The molecule has 4 aromatic carbocycles. The number of carbonyl (C=O) groups is 3. The van der Waals surface area contributed by atoms with Crippen LogP contribution in [0.1, 0.15) is 69.8 Å². The highest BCUT2D eigenvalue weighted by Gasteiger charge is 2.37. The third kappa shape index (κ3) is 6.09. The minimum Gasteiger partial charge on any atom is -0.403 e. The van der Waals surface area contributed by atoms with Crippen LogP contribution in [0.15, 0.2) is 91.0 Å². The predicted octanol–water partition coefficient (Wildman–Crippen LogP) is 5.49. The van der Waals surface area contributed by atoms with Gasteiger partial charge < -0.3 is 9.74 Å². The molecule has 0 radical (unpaired) electrons. The molecule has 5 rings (SSSR count). The van der Waals surface area contributed by atoms with Crippen molar-refractivity contribution in [2.24, 2.45) is 5.41 Å². The van der Waals surface area contributed by atoms with Crippen LogP contribution in [0.5, 0.6) is 0 Å². The minimum atomic E-state index is -2.11. The van der Waals surface area contributed by atoms with Crippen LogP contribution in [0, 0.1) is 26.2 Å². The topological polar surface area (TPSA) is 75.7 Å². The Morgan fingerprint density at radius 2 is 1.28 bits per heavy atom. The van der Waals surface area contributed by atoms with Crippen molar-refractivity contribution >= 4 is 42.8 Å². The molecule has 0 saturated carbocycles. The zero-order valence-corrected chi connectivity index (χ0v) is 26.8. The van der Waals surface area contributed by atoms with Gasteiger partial charge in [-0.2, -0.15) is 0 Å². The maximum Gasteiger partial charge on any atom is 0.262 e. The molecule has 0 fully saturated rings. The summed E-state index contributed by atoms with van der Waals surface area (Å²) in [7, 11) is -2.11. The fourth-order valence-electron chi connectivity index (χ4n) is 5.95. The number of anilines is 1. The normalized spacial score (nSPS) is 13.8. The monoisotopic (exact) mass is 590 g/mol. The minimum absolute atomic E-state index is 0.263. The fourth-order valence-corrected chi connectivity index (χ4v) is 8.61. The first kappa shape index (κ1) is 30.1. The van der Waals surface area contributed by atoms with Crippen molar-refractivity contribution in [2.75, 3.05) is 11.9 Å². The highest BCUT2D eigenvalue weighted by atomic mass is 28.3. The molecule has 0 aliphatic carbocycles. The Morgan fingerprint density at radius 1 is 0.791 bits per heavy atom. The van der Waals surface area contributed by atoms with Gasteiger partial charge >= 0.3 is 0 Å². The summed E-state index contributed by atoms with van der Waals surface area (Å²) in [6, 6.07) is 29.5. The molecule has 1 heterocycles. The van der Waals surface area contributed by atoms with Crippen LogP contribution >= 0.6 is 0 Å². The number of nitrogens with zero attached hydrogens (tertiary/aromatic N) is 1. The van der Waals surface area contributed by atoms with Crippen molar-refractivity contribution in [3.63, 3.8) is 0 Å². The van der Waals surface area contributed by atoms with Crippen LogP contribution in [0.3, 0.4) is 0 Å². The van der Waals surface area contributed by atoms with Crippen LogP contribution in [-0.2, 0) is 9.22 Å². The van der Waals surface area contributed by atoms with Crippen molar-refractivity contribution in [3.05, 3.63) is 124 Å². The van der Waals surface area contributed by atoms with Gasteiger partial charge in [0.05, 0.1) is 17.2 Å². The lowest BCUT2D eigenvalue weighted by atomic mass is 9.80. The number of rotatable bonds is 8. The number of amides is 3. The molecule has 3 amide bonds. The van der Waals surface area contributed by atoms with Crippen molar-refractivity contribution in [2.45, 2.75) is 47.6 Å². The number of aryl methyl sites for hydroxylation is 2. The molecule has 1 aliphatic rings. The molecule has 6 nitrogen and oxygen atoms in total. The van der Waals surface area contributed by atoms with E-state index in [4.69, 9.17) is 4.43 Å². The van der Waals surface area contributed by atoms with E-state index in [0.29, 0.717) is 16.8 Å². The molecular formula is C36H38N2O4Si. The van der Waals surface area contributed by atoms with Gasteiger partial charge in [-0.3, -0.25) is 19.3 Å². The number of fused-ring (bicyclic) bond motifs is 1. The molecule has 43 heavy (non-hydrogen) atoms. The summed E-state index contributed by atoms with van der Waals surface area (Å²) in [6.07, 6.45) is -0.267. The number of benzene rings is 4. The maximum absolute atomic E-state index is 13.3. The highest BCUT2D eigenvalue weighted by molar-refractivity contribution is 6.80. The van der Waals surface area contributed by atoms with Gasteiger partial charge in [0.2, 0.25) is 14.9 Å². The Morgan fingerprint density at radius 3 is 1.77 bits per heavy atom. The van der Waals surface area contributed by atoms with Gasteiger partial charge in [-0.1, -0.05) is 99.6 Å². The second-order valence-corrected chi connectivity index (χ2v) is 14.7. The Balaban J connectivity index is 1.48. The fraction of sp³-hybridized carbons (Fsp3) is 0.250. The Labute approximate surface area is 255 Å². The van der Waals surface area contributed by atoms with E-state index in [2.05, 4.69) is 87.6 Å². The average molecular weight is 591 g/mol. The second-order valence-electron chi connectivity index (χ2n) is 12.3. The molecule has 0 aromatic heterocycles. The van der Waals surface area contributed by atoms with Crippen molar-refractivity contribution < 1.29 is 18.8 Å². The quantitative estimate of drug-likeness (QED) is 0.218. The van der Waals surface area contributed by atoms with Crippen LogP contribution in [0.25, 0.3) is 0 Å². The lowest BCUT2D eigenvalue weighted by Crippen LogP contribution is -2.47. The summed E-state index contributed by atoms with van der Waals surface area (Å²) < 4.78 is 7.23. The molecule has 1 N–H and O–H groups in total. The number of nitrogens with one attached hydrogen (secondary N) is 1. The van der Waals surface area contributed by atoms with Crippen molar-refractivity contribution in [3.8, 4) is 0 Å². The third-order valence-corrected chi connectivity index (χ3v) is 10.5. The van der Waals surface area contributed by atoms with Gasteiger partial charge in [-0.25, -0.2) is 0 Å². The molecule has 1 aliphatic heterocycles. The van der Waals surface area contributed by atoms with Crippen molar-refractivity contribution in [1.29, 1.82) is 0 Å². The molecule has 7 heteroatoms. The smallest absolute Gasteiger partial charge is 0.262 e. The second kappa shape index (κ2) is 12.1. The van der Waals surface area contributed by atoms with E-state index >= 15 is 0 Å². The first-order valence-corrected chi connectivity index (χ1v) is 16.2. The molecule has 0 saturated heterocycles. The van der Waals surface area contributed by atoms with E-state index in [0.717, 1.165) is 27.2 Å². The third-order valence-electron chi connectivity index (χ3n) is 8.00. The van der Waals surface area contributed by atoms with Gasteiger partial charge in [-0.05, 0) is 70.9 Å². The molecule has 1 unspecified atom stereocenters. The number of imide groups is 1. The van der Waals surface area contributed by atoms with Crippen LogP contribution < -0.4 is 15.7 Å². The molecule has 1 atom stereocenters. The summed E-state index contributed by atoms with van der Waals surface area (Å²) in [5.74, 6) is -1.33. The van der Waals surface area contributed by atoms with Gasteiger partial charge in [0, 0.05) is 5.69 Å². The number of hydrogen-bond acceptors (Lipinski definition) is 4. The Bertz CT molecular complexity index is 1600. The summed E-state index contributed by atoms with van der Waals surface area (Å²) >= 11 is 0. The van der Waals surface area contributed by atoms with E-state index in [-0.39, 0.29) is 18.1 Å². The highest BCUT2D eigenvalue weighted by Crippen LogP contribution is 2.42. The zero-order valence-electron chi connectivity index (χ0n) is 25.6. The Hall–Kier alpha value is -4.33. The van der Waals surface area contributed by atoms with Gasteiger partial charge in [0.1, 0.15) is 6.54 Å². The largest absolute Gasteiger partial charge is 0.403 e. The lowest BCUT2D eigenvalue weighted by molar-refractivity contribution is -0.116. The number of hydrogen-bond donors (Lipinski definition) is 1. The summed E-state index contributed by atoms with van der Waals surface area (Å²) in [4.78, 5) is 40.1. The van der Waals surface area contributed by atoms with Gasteiger partial charge in [-0.15, -0.1) is 0 Å². The Kier molecular flexibility index (Phi) is 8.49.